The molecule has 3 rings (SSSR count). The van der Waals surface area contributed by atoms with Crippen molar-refractivity contribution in [2.45, 2.75) is 13.1 Å². The van der Waals surface area contributed by atoms with Crippen molar-refractivity contribution >= 4 is 47.1 Å². The molecule has 0 spiro atoms. The Hall–Kier alpha value is -4.64. The van der Waals surface area contributed by atoms with E-state index in [4.69, 9.17) is 20.8 Å². The third-order valence-electron chi connectivity index (χ3n) is 4.57. The molecule has 12 heteroatoms. The first-order chi connectivity index (χ1) is 17.3. The number of hydrogen-bond acceptors (Lipinski definition) is 7. The number of amides is 4. The van der Waals surface area contributed by atoms with Gasteiger partial charge in [0.1, 0.15) is 17.3 Å². The number of carbonyl (C=O) groups excluding carboxylic acids is 4. The van der Waals surface area contributed by atoms with Crippen LogP contribution in [0.25, 0.3) is 0 Å². The van der Waals surface area contributed by atoms with Gasteiger partial charge in [0, 0.05) is 17.3 Å². The number of nitrogens with one attached hydrogen (secondary N) is 4. The van der Waals surface area contributed by atoms with Gasteiger partial charge in [0.15, 0.2) is 0 Å². The van der Waals surface area contributed by atoms with Crippen molar-refractivity contribution in [1.29, 1.82) is 0 Å². The summed E-state index contributed by atoms with van der Waals surface area (Å²) < 4.78 is 10.5. The van der Waals surface area contributed by atoms with Crippen LogP contribution in [0.15, 0.2) is 70.2 Å². The summed E-state index contributed by atoms with van der Waals surface area (Å²) in [6, 6.07) is 16.5. The summed E-state index contributed by atoms with van der Waals surface area (Å²) in [5, 5.41) is 11.4. The number of hydrogen-bond donors (Lipinski definition) is 4. The highest BCUT2D eigenvalue weighted by atomic mass is 35.5. The molecule has 0 saturated carbocycles. The zero-order valence-electron chi connectivity index (χ0n) is 19.0. The monoisotopic (exact) mass is 511 g/mol. The number of methoxy groups -OCH3 is 1. The van der Waals surface area contributed by atoms with E-state index in [9.17, 15) is 19.2 Å². The third-order valence-corrected chi connectivity index (χ3v) is 4.81. The number of carbonyl (C=O) groups is 4. The van der Waals surface area contributed by atoms with Crippen LogP contribution in [0, 0.1) is 0 Å². The number of ether oxygens (including phenoxy) is 1. The second kappa shape index (κ2) is 12.7. The van der Waals surface area contributed by atoms with Crippen LogP contribution in [0.3, 0.4) is 0 Å². The fourth-order valence-electron chi connectivity index (χ4n) is 2.77. The minimum atomic E-state index is -0.954. The van der Waals surface area contributed by atoms with Crippen molar-refractivity contribution in [1.82, 2.24) is 16.1 Å². The van der Waals surface area contributed by atoms with E-state index >= 15 is 0 Å². The number of hydrazone groups is 1. The lowest BCUT2D eigenvalue weighted by molar-refractivity contribution is -0.139. The minimum absolute atomic E-state index is 0.0598. The molecule has 0 aliphatic carbocycles. The predicted octanol–water partition coefficient (Wildman–Crippen LogP) is 1.96. The van der Waals surface area contributed by atoms with Gasteiger partial charge < -0.3 is 25.1 Å². The molecule has 0 radical (unpaired) electrons. The van der Waals surface area contributed by atoms with Gasteiger partial charge in [-0.1, -0.05) is 29.8 Å². The first-order valence-corrected chi connectivity index (χ1v) is 10.9. The fraction of sp³-hybridized carbons (Fsp3) is 0.125. The van der Waals surface area contributed by atoms with Gasteiger partial charge in [0.2, 0.25) is 0 Å². The van der Waals surface area contributed by atoms with Crippen LogP contribution in [0.4, 0.5) is 5.69 Å². The van der Waals surface area contributed by atoms with E-state index in [-0.39, 0.29) is 18.8 Å². The van der Waals surface area contributed by atoms with Crippen molar-refractivity contribution in [3.05, 3.63) is 82.8 Å². The Kier molecular flexibility index (Phi) is 9.18. The highest BCUT2D eigenvalue weighted by molar-refractivity contribution is 6.39. The van der Waals surface area contributed by atoms with E-state index in [0.717, 1.165) is 5.56 Å². The normalized spacial score (nSPS) is 10.5. The Labute approximate surface area is 210 Å². The summed E-state index contributed by atoms with van der Waals surface area (Å²) in [6.45, 7) is 0.0973. The van der Waals surface area contributed by atoms with E-state index in [1.807, 2.05) is 0 Å². The lowest BCUT2D eigenvalue weighted by Crippen LogP contribution is -2.37. The smallest absolute Gasteiger partial charge is 0.329 e. The quantitative estimate of drug-likeness (QED) is 0.206. The second-order valence-electron chi connectivity index (χ2n) is 7.18. The number of nitrogens with zero attached hydrogens (tertiary/aromatic N) is 1. The standard InChI is InChI=1S/C24H22ClN5O6/c1-35-18-7-5-15(6-8-18)12-26-22(32)24(34)30-28-14-20-10-9-19(36-20)13-27-21(31)23(33)29-17-4-2-3-16(25)11-17/h2-11,14H,12-13H2,1H3,(H,26,32)(H,27,31)(H,29,33)(H,30,34)/b28-14+. The molecular formula is C24H22ClN5O6. The van der Waals surface area contributed by atoms with Crippen molar-refractivity contribution in [3.63, 3.8) is 0 Å². The van der Waals surface area contributed by atoms with E-state index in [1.54, 1.807) is 55.6 Å². The lowest BCUT2D eigenvalue weighted by atomic mass is 10.2. The van der Waals surface area contributed by atoms with E-state index < -0.39 is 23.6 Å². The molecule has 11 nitrogen and oxygen atoms in total. The van der Waals surface area contributed by atoms with E-state index in [2.05, 4.69) is 26.5 Å². The summed E-state index contributed by atoms with van der Waals surface area (Å²) in [7, 11) is 1.55. The molecule has 0 unspecified atom stereocenters. The molecule has 4 amide bonds. The largest absolute Gasteiger partial charge is 0.497 e. The van der Waals surface area contributed by atoms with Crippen molar-refractivity contribution in [2.75, 3.05) is 12.4 Å². The molecule has 3 aromatic rings. The lowest BCUT2D eigenvalue weighted by Gasteiger charge is -2.05. The van der Waals surface area contributed by atoms with Crippen molar-refractivity contribution in [3.8, 4) is 5.75 Å². The van der Waals surface area contributed by atoms with Crippen molar-refractivity contribution in [2.24, 2.45) is 5.10 Å². The zero-order chi connectivity index (χ0) is 25.9. The predicted molar refractivity (Wildman–Crippen MR) is 131 cm³/mol. The Morgan fingerprint density at radius 2 is 1.64 bits per heavy atom. The van der Waals surface area contributed by atoms with E-state index in [0.29, 0.717) is 22.2 Å². The number of halogens is 1. The number of furan rings is 1. The summed E-state index contributed by atoms with van der Waals surface area (Å²) in [4.78, 5) is 47.7. The third kappa shape index (κ3) is 7.99. The van der Waals surface area contributed by atoms with Crippen LogP contribution >= 0.6 is 11.6 Å². The first-order valence-electron chi connectivity index (χ1n) is 10.5. The average molecular weight is 512 g/mol. The molecular weight excluding hydrogens is 490 g/mol. The van der Waals surface area contributed by atoms with Crippen LogP contribution < -0.4 is 26.1 Å². The maximum atomic E-state index is 12.0. The molecule has 0 aliphatic rings. The van der Waals surface area contributed by atoms with Crippen LogP contribution in [-0.4, -0.2) is 37.0 Å². The molecule has 0 atom stereocenters. The summed E-state index contributed by atoms with van der Waals surface area (Å²) in [5.41, 5.74) is 3.27. The summed E-state index contributed by atoms with van der Waals surface area (Å²) in [6.07, 6.45) is 1.19. The molecule has 0 saturated heterocycles. The van der Waals surface area contributed by atoms with Crippen LogP contribution in [0.2, 0.25) is 5.02 Å². The summed E-state index contributed by atoms with van der Waals surface area (Å²) in [5.74, 6) is -2.27. The Bertz CT molecular complexity index is 1270. The molecule has 2 aromatic carbocycles. The van der Waals surface area contributed by atoms with Gasteiger partial charge in [0.25, 0.3) is 0 Å². The maximum absolute atomic E-state index is 12.0. The molecule has 4 N–H and O–H groups in total. The molecule has 36 heavy (non-hydrogen) atoms. The topological polar surface area (TPSA) is 151 Å². The molecule has 1 heterocycles. The van der Waals surface area contributed by atoms with Gasteiger partial charge in [-0.25, -0.2) is 5.43 Å². The Morgan fingerprint density at radius 1 is 0.917 bits per heavy atom. The van der Waals surface area contributed by atoms with Gasteiger partial charge in [0.05, 0.1) is 19.9 Å². The molecule has 0 fully saturated rings. The number of rotatable bonds is 8. The fourth-order valence-corrected chi connectivity index (χ4v) is 2.96. The highest BCUT2D eigenvalue weighted by Crippen LogP contribution is 2.15. The SMILES string of the molecule is COc1ccc(CNC(=O)C(=O)N/N=C/c2ccc(CNC(=O)C(=O)Nc3cccc(Cl)c3)o2)cc1. The summed E-state index contributed by atoms with van der Waals surface area (Å²) >= 11 is 5.84. The van der Waals surface area contributed by atoms with Gasteiger partial charge >= 0.3 is 23.6 Å². The molecule has 0 aliphatic heterocycles. The van der Waals surface area contributed by atoms with Crippen LogP contribution in [-0.2, 0) is 32.3 Å². The molecule has 186 valence electrons. The molecule has 1 aromatic heterocycles. The van der Waals surface area contributed by atoms with Gasteiger partial charge in [-0.2, -0.15) is 5.10 Å². The minimum Gasteiger partial charge on any atom is -0.497 e. The Morgan fingerprint density at radius 3 is 2.36 bits per heavy atom. The number of anilines is 1. The Balaban J connectivity index is 1.39. The van der Waals surface area contributed by atoms with Gasteiger partial charge in [-0.15, -0.1) is 0 Å². The van der Waals surface area contributed by atoms with Crippen LogP contribution in [0.5, 0.6) is 5.75 Å². The highest BCUT2D eigenvalue weighted by Gasteiger charge is 2.15. The second-order valence-corrected chi connectivity index (χ2v) is 7.62. The van der Waals surface area contributed by atoms with Crippen LogP contribution in [0.1, 0.15) is 17.1 Å². The average Bonchev–Trinajstić information content (AvgIpc) is 3.33. The van der Waals surface area contributed by atoms with Crippen molar-refractivity contribution < 1.29 is 28.3 Å². The van der Waals surface area contributed by atoms with E-state index in [1.165, 1.54) is 18.3 Å². The number of benzene rings is 2. The van der Waals surface area contributed by atoms with Gasteiger partial charge in [-0.3, -0.25) is 19.2 Å². The maximum Gasteiger partial charge on any atom is 0.329 e. The first kappa shape index (κ1) is 26.0. The zero-order valence-corrected chi connectivity index (χ0v) is 19.8. The van der Waals surface area contributed by atoms with Gasteiger partial charge in [-0.05, 0) is 48.0 Å². The molecule has 0 bridgehead atoms.